The van der Waals surface area contributed by atoms with Crippen LogP contribution in [-0.2, 0) is 11.3 Å². The van der Waals surface area contributed by atoms with E-state index in [-0.39, 0.29) is 6.09 Å². The van der Waals surface area contributed by atoms with Crippen LogP contribution in [0.1, 0.15) is 26.5 Å². The summed E-state index contributed by atoms with van der Waals surface area (Å²) in [5.41, 5.74) is 0.622. The van der Waals surface area contributed by atoms with Crippen LogP contribution < -0.4 is 5.32 Å². The van der Waals surface area contributed by atoms with Crippen LogP contribution in [-0.4, -0.2) is 45.9 Å². The number of ether oxygens (including phenoxy) is 1. The van der Waals surface area contributed by atoms with E-state index in [2.05, 4.69) is 15.5 Å². The van der Waals surface area contributed by atoms with Crippen LogP contribution in [0.5, 0.6) is 0 Å². The Morgan fingerprint density at radius 2 is 2.33 bits per heavy atom. The van der Waals surface area contributed by atoms with E-state index in [1.807, 2.05) is 26.8 Å². The first-order valence-electron chi connectivity index (χ1n) is 6.13. The molecular weight excluding hydrogens is 232 g/mol. The molecule has 1 saturated heterocycles. The largest absolute Gasteiger partial charge is 0.444 e. The second-order valence-corrected chi connectivity index (χ2v) is 5.55. The lowest BCUT2D eigenvalue weighted by atomic mass is 10.1. The molecule has 0 saturated carbocycles. The molecular formula is C12H20N4O2. The molecule has 1 amide bonds. The predicted octanol–water partition coefficient (Wildman–Crippen LogP) is 1.12. The minimum Gasteiger partial charge on any atom is -0.444 e. The summed E-state index contributed by atoms with van der Waals surface area (Å²) in [5.74, 6) is 0. The van der Waals surface area contributed by atoms with Crippen molar-refractivity contribution in [3.8, 4) is 0 Å². The highest BCUT2D eigenvalue weighted by Crippen LogP contribution is 2.15. The number of amides is 1. The summed E-state index contributed by atoms with van der Waals surface area (Å²) in [7, 11) is 0. The number of carbonyl (C=O) groups is 1. The average molecular weight is 252 g/mol. The Morgan fingerprint density at radius 1 is 1.61 bits per heavy atom. The highest BCUT2D eigenvalue weighted by molar-refractivity contribution is 5.69. The topological polar surface area (TPSA) is 70.2 Å². The van der Waals surface area contributed by atoms with Gasteiger partial charge in [-0.15, -0.1) is 0 Å². The molecule has 1 aliphatic heterocycles. The molecule has 2 N–H and O–H groups in total. The van der Waals surface area contributed by atoms with Crippen molar-refractivity contribution in [3.63, 3.8) is 0 Å². The maximum atomic E-state index is 11.7. The fourth-order valence-corrected chi connectivity index (χ4v) is 1.72. The van der Waals surface area contributed by atoms with Crippen molar-refractivity contribution in [2.24, 2.45) is 0 Å². The monoisotopic (exact) mass is 252 g/mol. The van der Waals surface area contributed by atoms with Gasteiger partial charge in [-0.05, 0) is 26.8 Å². The molecule has 1 aromatic heterocycles. The second kappa shape index (κ2) is 4.97. The van der Waals surface area contributed by atoms with Gasteiger partial charge in [-0.25, -0.2) is 4.79 Å². The quantitative estimate of drug-likeness (QED) is 0.845. The van der Waals surface area contributed by atoms with E-state index in [0.29, 0.717) is 19.1 Å². The Balaban J connectivity index is 1.66. The van der Waals surface area contributed by atoms with Crippen LogP contribution in [0.15, 0.2) is 12.3 Å². The van der Waals surface area contributed by atoms with E-state index < -0.39 is 5.60 Å². The first kappa shape index (κ1) is 12.9. The van der Waals surface area contributed by atoms with Gasteiger partial charge in [-0.2, -0.15) is 5.10 Å². The number of H-pyrrole nitrogens is 1. The molecule has 2 rings (SSSR count). The number of rotatable bonds is 3. The van der Waals surface area contributed by atoms with Gasteiger partial charge in [0, 0.05) is 37.6 Å². The van der Waals surface area contributed by atoms with Crippen molar-refractivity contribution in [1.29, 1.82) is 0 Å². The molecule has 0 atom stereocenters. The van der Waals surface area contributed by atoms with Gasteiger partial charge in [-0.3, -0.25) is 5.10 Å². The maximum Gasteiger partial charge on any atom is 0.410 e. The molecule has 1 fully saturated rings. The molecule has 0 aliphatic carbocycles. The smallest absolute Gasteiger partial charge is 0.410 e. The first-order valence-corrected chi connectivity index (χ1v) is 6.13. The normalized spacial score (nSPS) is 16.5. The number of hydrogen-bond acceptors (Lipinski definition) is 4. The molecule has 1 aliphatic rings. The predicted molar refractivity (Wildman–Crippen MR) is 67.0 cm³/mol. The maximum absolute atomic E-state index is 11.7. The van der Waals surface area contributed by atoms with Gasteiger partial charge in [-0.1, -0.05) is 0 Å². The minimum absolute atomic E-state index is 0.234. The molecule has 0 radical (unpaired) electrons. The zero-order valence-electron chi connectivity index (χ0n) is 11.1. The van der Waals surface area contributed by atoms with Gasteiger partial charge in [0.05, 0.1) is 0 Å². The third-order valence-corrected chi connectivity index (χ3v) is 2.67. The Kier molecular flexibility index (Phi) is 3.56. The van der Waals surface area contributed by atoms with Crippen molar-refractivity contribution in [2.45, 2.75) is 39.0 Å². The molecule has 0 bridgehead atoms. The van der Waals surface area contributed by atoms with Gasteiger partial charge < -0.3 is 15.0 Å². The second-order valence-electron chi connectivity index (χ2n) is 5.55. The third-order valence-electron chi connectivity index (χ3n) is 2.67. The van der Waals surface area contributed by atoms with Gasteiger partial charge in [0.15, 0.2) is 0 Å². The van der Waals surface area contributed by atoms with Crippen LogP contribution >= 0.6 is 0 Å². The molecule has 1 aromatic rings. The van der Waals surface area contributed by atoms with E-state index in [1.54, 1.807) is 11.1 Å². The molecule has 0 aromatic carbocycles. The lowest BCUT2D eigenvalue weighted by Gasteiger charge is -2.40. The number of likely N-dealkylation sites (tertiary alicyclic amines) is 1. The van der Waals surface area contributed by atoms with E-state index in [0.717, 1.165) is 12.2 Å². The summed E-state index contributed by atoms with van der Waals surface area (Å²) in [6.07, 6.45) is 1.49. The Hall–Kier alpha value is -1.56. The van der Waals surface area contributed by atoms with Crippen LogP contribution in [0.4, 0.5) is 4.79 Å². The summed E-state index contributed by atoms with van der Waals surface area (Å²) >= 11 is 0. The third kappa shape index (κ3) is 3.46. The highest BCUT2D eigenvalue weighted by atomic mass is 16.6. The van der Waals surface area contributed by atoms with Crippen LogP contribution in [0.3, 0.4) is 0 Å². The Labute approximate surface area is 107 Å². The summed E-state index contributed by atoms with van der Waals surface area (Å²) in [6.45, 7) is 7.76. The lowest BCUT2D eigenvalue weighted by Crippen LogP contribution is -2.60. The Morgan fingerprint density at radius 3 is 2.89 bits per heavy atom. The fraction of sp³-hybridized carbons (Fsp3) is 0.667. The van der Waals surface area contributed by atoms with Gasteiger partial charge in [0.25, 0.3) is 0 Å². The van der Waals surface area contributed by atoms with Gasteiger partial charge >= 0.3 is 6.09 Å². The fourth-order valence-electron chi connectivity index (χ4n) is 1.72. The van der Waals surface area contributed by atoms with Crippen LogP contribution in [0.2, 0.25) is 0 Å². The van der Waals surface area contributed by atoms with E-state index >= 15 is 0 Å². The average Bonchev–Trinajstić information content (AvgIpc) is 2.64. The summed E-state index contributed by atoms with van der Waals surface area (Å²) in [5, 5.41) is 10.1. The van der Waals surface area contributed by atoms with Gasteiger partial charge in [0.1, 0.15) is 5.60 Å². The van der Waals surface area contributed by atoms with E-state index in [4.69, 9.17) is 4.74 Å². The molecule has 6 heteroatoms. The van der Waals surface area contributed by atoms with Gasteiger partial charge in [0.2, 0.25) is 0 Å². The molecule has 0 spiro atoms. The number of carbonyl (C=O) groups excluding carboxylic acids is 1. The van der Waals surface area contributed by atoms with Crippen LogP contribution in [0, 0.1) is 0 Å². The molecule has 6 nitrogen and oxygen atoms in total. The van der Waals surface area contributed by atoms with Crippen molar-refractivity contribution < 1.29 is 9.53 Å². The van der Waals surface area contributed by atoms with Crippen molar-refractivity contribution >= 4 is 6.09 Å². The van der Waals surface area contributed by atoms with Crippen molar-refractivity contribution in [2.75, 3.05) is 13.1 Å². The molecule has 18 heavy (non-hydrogen) atoms. The molecule has 0 unspecified atom stereocenters. The first-order chi connectivity index (χ1) is 8.44. The summed E-state index contributed by atoms with van der Waals surface area (Å²) in [4.78, 5) is 13.4. The number of nitrogens with one attached hydrogen (secondary N) is 2. The number of hydrogen-bond donors (Lipinski definition) is 2. The lowest BCUT2D eigenvalue weighted by molar-refractivity contribution is 0.00516. The minimum atomic E-state index is -0.425. The number of aromatic nitrogens is 2. The SMILES string of the molecule is CC(C)(C)OC(=O)N1CC(NCc2ccn[nH]2)C1. The van der Waals surface area contributed by atoms with Crippen LogP contribution in [0.25, 0.3) is 0 Å². The zero-order valence-corrected chi connectivity index (χ0v) is 11.1. The summed E-state index contributed by atoms with van der Waals surface area (Å²) in [6, 6.07) is 2.26. The standard InChI is InChI=1S/C12H20N4O2/c1-12(2,3)18-11(17)16-7-10(8-16)13-6-9-4-5-14-15-9/h4-5,10,13H,6-8H2,1-3H3,(H,14,15). The molecule has 2 heterocycles. The molecule has 100 valence electrons. The van der Waals surface area contributed by atoms with Crippen molar-refractivity contribution in [1.82, 2.24) is 20.4 Å². The van der Waals surface area contributed by atoms with E-state index in [9.17, 15) is 4.79 Å². The number of nitrogens with zero attached hydrogens (tertiary/aromatic N) is 2. The van der Waals surface area contributed by atoms with Crippen molar-refractivity contribution in [3.05, 3.63) is 18.0 Å². The Bertz CT molecular complexity index is 391. The van der Waals surface area contributed by atoms with E-state index in [1.165, 1.54) is 0 Å². The highest BCUT2D eigenvalue weighted by Gasteiger charge is 2.33. The summed E-state index contributed by atoms with van der Waals surface area (Å²) < 4.78 is 5.28. The zero-order chi connectivity index (χ0) is 13.2. The number of aromatic amines is 1.